The Kier molecular flexibility index (Phi) is 4.78. The molecule has 1 aromatic rings. The molecule has 0 saturated carbocycles. The topological polar surface area (TPSA) is 54.4 Å². The van der Waals surface area contributed by atoms with Crippen LogP contribution in [0.15, 0.2) is 29.2 Å². The summed E-state index contributed by atoms with van der Waals surface area (Å²) in [5.41, 5.74) is 0. The lowest BCUT2D eigenvalue weighted by atomic mass is 10.3. The number of benzene rings is 1. The molecule has 5 heteroatoms. The number of halogens is 1. The van der Waals surface area contributed by atoms with Gasteiger partial charge in [-0.2, -0.15) is 0 Å². The van der Waals surface area contributed by atoms with E-state index in [4.69, 9.17) is 16.7 Å². The van der Waals surface area contributed by atoms with Gasteiger partial charge in [-0.3, -0.25) is 9.00 Å². The summed E-state index contributed by atoms with van der Waals surface area (Å²) in [6, 6.07) is 6.89. The van der Waals surface area contributed by atoms with Gasteiger partial charge in [0.15, 0.2) is 0 Å². The van der Waals surface area contributed by atoms with Gasteiger partial charge in [0, 0.05) is 12.2 Å². The van der Waals surface area contributed by atoms with Gasteiger partial charge in [0.25, 0.3) is 0 Å². The van der Waals surface area contributed by atoms with E-state index in [0.717, 1.165) is 0 Å². The lowest BCUT2D eigenvalue weighted by molar-refractivity contribution is -0.137. The van der Waals surface area contributed by atoms with Gasteiger partial charge in [-0.15, -0.1) is 0 Å². The summed E-state index contributed by atoms with van der Waals surface area (Å²) >= 11 is 5.85. The molecule has 0 fully saturated rings. The fraction of sp³-hybridized carbons (Fsp3) is 0.300. The second kappa shape index (κ2) is 5.88. The third kappa shape index (κ3) is 4.01. The fourth-order valence-corrected chi connectivity index (χ4v) is 2.63. The number of hydrogen-bond donors (Lipinski definition) is 1. The molecule has 0 radical (unpaired) electrons. The third-order valence-electron chi connectivity index (χ3n) is 1.80. The van der Waals surface area contributed by atoms with Crippen molar-refractivity contribution in [1.29, 1.82) is 0 Å². The minimum atomic E-state index is -1.21. The van der Waals surface area contributed by atoms with E-state index in [1.54, 1.807) is 24.3 Å². The minimum Gasteiger partial charge on any atom is -0.481 e. The Morgan fingerprint density at radius 3 is 2.67 bits per heavy atom. The van der Waals surface area contributed by atoms with Gasteiger partial charge in [-0.05, 0) is 18.6 Å². The van der Waals surface area contributed by atoms with Crippen molar-refractivity contribution in [3.05, 3.63) is 29.3 Å². The first-order chi connectivity index (χ1) is 7.11. The molecule has 1 unspecified atom stereocenters. The van der Waals surface area contributed by atoms with E-state index in [9.17, 15) is 9.00 Å². The van der Waals surface area contributed by atoms with Crippen molar-refractivity contribution < 1.29 is 14.1 Å². The fourth-order valence-electron chi connectivity index (χ4n) is 1.09. The van der Waals surface area contributed by atoms with Crippen LogP contribution in [0.4, 0.5) is 0 Å². The maximum atomic E-state index is 11.7. The van der Waals surface area contributed by atoms with Gasteiger partial charge in [0.2, 0.25) is 0 Å². The normalized spacial score (nSPS) is 12.3. The number of hydrogen-bond acceptors (Lipinski definition) is 2. The SMILES string of the molecule is O=C(O)CCCS(=O)c1ccccc1Cl. The van der Waals surface area contributed by atoms with Crippen LogP contribution in [0.3, 0.4) is 0 Å². The van der Waals surface area contributed by atoms with Crippen LogP contribution < -0.4 is 0 Å². The maximum Gasteiger partial charge on any atom is 0.303 e. The van der Waals surface area contributed by atoms with Gasteiger partial charge in [0.05, 0.1) is 20.7 Å². The predicted octanol–water partition coefficient (Wildman–Crippen LogP) is 2.31. The van der Waals surface area contributed by atoms with Gasteiger partial charge in [0.1, 0.15) is 0 Å². The van der Waals surface area contributed by atoms with Gasteiger partial charge in [-0.25, -0.2) is 0 Å². The van der Waals surface area contributed by atoms with Crippen LogP contribution in [-0.2, 0) is 15.6 Å². The van der Waals surface area contributed by atoms with E-state index in [-0.39, 0.29) is 6.42 Å². The molecule has 82 valence electrons. The molecule has 0 heterocycles. The first kappa shape index (κ1) is 12.2. The van der Waals surface area contributed by atoms with Crippen molar-refractivity contribution in [2.24, 2.45) is 0 Å². The van der Waals surface area contributed by atoms with Crippen molar-refractivity contribution in [3.63, 3.8) is 0 Å². The van der Waals surface area contributed by atoms with Crippen molar-refractivity contribution >= 4 is 28.4 Å². The van der Waals surface area contributed by atoms with E-state index in [2.05, 4.69) is 0 Å². The minimum absolute atomic E-state index is 0.0379. The molecule has 0 aliphatic heterocycles. The Labute approximate surface area is 95.5 Å². The summed E-state index contributed by atoms with van der Waals surface area (Å²) in [6.07, 6.45) is 0.434. The smallest absolute Gasteiger partial charge is 0.303 e. The molecule has 0 aliphatic carbocycles. The average Bonchev–Trinajstić information content (AvgIpc) is 2.17. The first-order valence-corrected chi connectivity index (χ1v) is 6.15. The van der Waals surface area contributed by atoms with Gasteiger partial charge < -0.3 is 5.11 Å². The summed E-state index contributed by atoms with van der Waals surface area (Å²) in [4.78, 5) is 10.8. The number of rotatable bonds is 5. The molecular weight excluding hydrogens is 236 g/mol. The van der Waals surface area contributed by atoms with Crippen molar-refractivity contribution in [2.45, 2.75) is 17.7 Å². The van der Waals surface area contributed by atoms with Crippen LogP contribution >= 0.6 is 11.6 Å². The molecule has 0 saturated heterocycles. The van der Waals surface area contributed by atoms with Crippen LogP contribution in [0.5, 0.6) is 0 Å². The number of aliphatic carboxylic acids is 1. The molecule has 1 atom stereocenters. The molecule has 0 aliphatic rings. The van der Waals surface area contributed by atoms with Crippen molar-refractivity contribution in [3.8, 4) is 0 Å². The summed E-state index contributed by atoms with van der Waals surface area (Å²) in [5.74, 6) is -0.540. The molecule has 1 N–H and O–H groups in total. The molecule has 0 amide bonds. The van der Waals surface area contributed by atoms with E-state index < -0.39 is 16.8 Å². The highest BCUT2D eigenvalue weighted by Crippen LogP contribution is 2.19. The molecule has 3 nitrogen and oxygen atoms in total. The van der Waals surface area contributed by atoms with E-state index in [1.165, 1.54) is 0 Å². The predicted molar refractivity (Wildman–Crippen MR) is 59.6 cm³/mol. The van der Waals surface area contributed by atoms with Crippen LogP contribution in [0.2, 0.25) is 5.02 Å². The van der Waals surface area contributed by atoms with E-state index >= 15 is 0 Å². The largest absolute Gasteiger partial charge is 0.481 e. The van der Waals surface area contributed by atoms with Crippen molar-refractivity contribution in [2.75, 3.05) is 5.75 Å². The lowest BCUT2D eigenvalue weighted by Gasteiger charge is -2.02. The highest BCUT2D eigenvalue weighted by molar-refractivity contribution is 7.85. The lowest BCUT2D eigenvalue weighted by Crippen LogP contribution is -2.02. The Balaban J connectivity index is 2.54. The molecule has 0 bridgehead atoms. The molecule has 0 aromatic heterocycles. The van der Waals surface area contributed by atoms with E-state index in [1.807, 2.05) is 0 Å². The molecule has 15 heavy (non-hydrogen) atoms. The Hall–Kier alpha value is -0.870. The van der Waals surface area contributed by atoms with Crippen LogP contribution in [0, 0.1) is 0 Å². The summed E-state index contributed by atoms with van der Waals surface area (Å²) < 4.78 is 11.7. The Morgan fingerprint density at radius 1 is 1.40 bits per heavy atom. The second-order valence-corrected chi connectivity index (χ2v) is 4.92. The number of carboxylic acid groups (broad SMARTS) is 1. The summed E-state index contributed by atoms with van der Waals surface area (Å²) in [5, 5.41) is 8.89. The standard InChI is InChI=1S/C10H11ClO3S/c11-8-4-1-2-5-9(8)15(14)7-3-6-10(12)13/h1-2,4-5H,3,6-7H2,(H,12,13). The first-order valence-electron chi connectivity index (χ1n) is 4.46. The molecule has 0 spiro atoms. The Morgan fingerprint density at radius 2 is 2.07 bits per heavy atom. The average molecular weight is 247 g/mol. The zero-order chi connectivity index (χ0) is 11.3. The van der Waals surface area contributed by atoms with E-state index in [0.29, 0.717) is 22.1 Å². The zero-order valence-electron chi connectivity index (χ0n) is 7.98. The maximum absolute atomic E-state index is 11.7. The zero-order valence-corrected chi connectivity index (χ0v) is 9.55. The number of carboxylic acids is 1. The molecule has 1 rings (SSSR count). The third-order valence-corrected chi connectivity index (χ3v) is 3.75. The van der Waals surface area contributed by atoms with Crippen LogP contribution in [0.1, 0.15) is 12.8 Å². The second-order valence-electron chi connectivity index (χ2n) is 2.98. The quantitative estimate of drug-likeness (QED) is 0.868. The monoisotopic (exact) mass is 246 g/mol. The number of carbonyl (C=O) groups is 1. The van der Waals surface area contributed by atoms with Gasteiger partial charge in [-0.1, -0.05) is 23.7 Å². The summed E-state index contributed by atoms with van der Waals surface area (Å²) in [6.45, 7) is 0. The van der Waals surface area contributed by atoms with Crippen LogP contribution in [0.25, 0.3) is 0 Å². The van der Waals surface area contributed by atoms with Gasteiger partial charge >= 0.3 is 5.97 Å². The highest BCUT2D eigenvalue weighted by Gasteiger charge is 2.08. The highest BCUT2D eigenvalue weighted by atomic mass is 35.5. The van der Waals surface area contributed by atoms with Crippen molar-refractivity contribution in [1.82, 2.24) is 0 Å². The molecule has 1 aromatic carbocycles. The molecular formula is C10H11ClO3S. The Bertz CT molecular complexity index is 379. The summed E-state index contributed by atoms with van der Waals surface area (Å²) in [7, 11) is -1.21. The van der Waals surface area contributed by atoms with Crippen LogP contribution in [-0.4, -0.2) is 21.0 Å².